The van der Waals surface area contributed by atoms with Crippen LogP contribution in [0.15, 0.2) is 71.9 Å². The molecule has 10 heteroatoms. The summed E-state index contributed by atoms with van der Waals surface area (Å²) in [5, 5.41) is 5.64. The lowest BCUT2D eigenvalue weighted by atomic mass is 10.1. The molecule has 3 aromatic rings. The molecule has 0 saturated carbocycles. The first-order chi connectivity index (χ1) is 18.7. The number of aliphatic imine (C=N–C) groups is 1. The minimum absolute atomic E-state index is 0.0158. The van der Waals surface area contributed by atoms with Crippen LogP contribution in [0.5, 0.6) is 11.5 Å². The maximum atomic E-state index is 13.6. The van der Waals surface area contributed by atoms with Gasteiger partial charge in [-0.25, -0.2) is 0 Å². The molecule has 0 fully saturated rings. The van der Waals surface area contributed by atoms with Gasteiger partial charge in [-0.15, -0.1) is 0 Å². The number of benzene rings is 2. The highest BCUT2D eigenvalue weighted by Gasteiger charge is 2.33. The predicted octanol–water partition coefficient (Wildman–Crippen LogP) is 4.81. The van der Waals surface area contributed by atoms with Gasteiger partial charge in [-0.3, -0.25) is 19.7 Å². The van der Waals surface area contributed by atoms with Crippen molar-refractivity contribution < 1.29 is 22.7 Å². The van der Waals surface area contributed by atoms with Crippen molar-refractivity contribution >= 4 is 23.5 Å². The number of hydrogen-bond donors (Lipinski definition) is 2. The van der Waals surface area contributed by atoms with Crippen molar-refractivity contribution in [1.29, 1.82) is 0 Å². The Morgan fingerprint density at radius 2 is 1.97 bits per heavy atom. The number of hydrogen-bond acceptors (Lipinski definition) is 6. The van der Waals surface area contributed by atoms with Crippen LogP contribution in [-0.4, -0.2) is 55.4 Å². The molecule has 2 N–H and O–H groups in total. The standard InChI is InChI=1S/C29H26F3N5O2/c1-37(2)16-4-6-21-9-10-22(18-25(21)29(30,31)32)36-27(38)11-8-20-5-3-7-23(17-20)39-24-12-13-33-26(19-24)28-34-14-15-35-28/h3,5,7-13,17-19H,14-16H2,1-2H3,(H,34,35)(H,36,38). The van der Waals surface area contributed by atoms with E-state index in [-0.39, 0.29) is 11.3 Å². The molecule has 0 aliphatic carbocycles. The molecule has 0 spiro atoms. The number of rotatable bonds is 7. The summed E-state index contributed by atoms with van der Waals surface area (Å²) in [5.41, 5.74) is 0.308. The number of amides is 1. The van der Waals surface area contributed by atoms with E-state index < -0.39 is 17.6 Å². The van der Waals surface area contributed by atoms with Gasteiger partial charge in [-0.05, 0) is 62.1 Å². The number of carbonyl (C=O) groups is 1. The van der Waals surface area contributed by atoms with E-state index >= 15 is 0 Å². The van der Waals surface area contributed by atoms with Crippen LogP contribution < -0.4 is 15.4 Å². The third kappa shape index (κ3) is 7.93. The Morgan fingerprint density at radius 1 is 1.15 bits per heavy atom. The second kappa shape index (κ2) is 12.3. The fraction of sp³-hybridized carbons (Fsp3) is 0.207. The SMILES string of the molecule is CN(C)CC#Cc1ccc(NC(=O)C=Cc2cccc(Oc3ccnc(C4=NCCN4)c3)c2)cc1C(F)(F)F. The third-order valence-electron chi connectivity index (χ3n) is 5.38. The van der Waals surface area contributed by atoms with Crippen LogP contribution in [0.1, 0.15) is 22.4 Å². The molecule has 39 heavy (non-hydrogen) atoms. The van der Waals surface area contributed by atoms with Crippen LogP contribution in [0.4, 0.5) is 18.9 Å². The molecule has 7 nitrogen and oxygen atoms in total. The molecule has 1 aliphatic heterocycles. The number of aromatic nitrogens is 1. The molecule has 0 atom stereocenters. The number of halogens is 3. The second-order valence-electron chi connectivity index (χ2n) is 8.83. The Balaban J connectivity index is 1.43. The van der Waals surface area contributed by atoms with E-state index in [1.165, 1.54) is 18.2 Å². The van der Waals surface area contributed by atoms with Crippen molar-refractivity contribution in [3.05, 3.63) is 89.3 Å². The zero-order valence-corrected chi connectivity index (χ0v) is 21.3. The Kier molecular flexibility index (Phi) is 8.63. The Morgan fingerprint density at radius 3 is 2.72 bits per heavy atom. The van der Waals surface area contributed by atoms with Crippen LogP contribution >= 0.6 is 0 Å². The molecule has 4 rings (SSSR count). The summed E-state index contributed by atoms with van der Waals surface area (Å²) in [7, 11) is 3.55. The van der Waals surface area contributed by atoms with E-state index in [4.69, 9.17) is 4.74 Å². The average Bonchev–Trinajstić information content (AvgIpc) is 3.43. The van der Waals surface area contributed by atoms with Crippen LogP contribution in [0.3, 0.4) is 0 Å². The van der Waals surface area contributed by atoms with Gasteiger partial charge in [0.2, 0.25) is 5.91 Å². The predicted molar refractivity (Wildman–Crippen MR) is 145 cm³/mol. The van der Waals surface area contributed by atoms with Crippen molar-refractivity contribution in [2.24, 2.45) is 4.99 Å². The number of ether oxygens (including phenoxy) is 1. The first-order valence-electron chi connectivity index (χ1n) is 12.0. The lowest BCUT2D eigenvalue weighted by molar-refractivity contribution is -0.137. The molecule has 2 heterocycles. The van der Waals surface area contributed by atoms with Crippen LogP contribution in [-0.2, 0) is 11.0 Å². The van der Waals surface area contributed by atoms with Gasteiger partial charge in [-0.2, -0.15) is 13.2 Å². The second-order valence-corrected chi connectivity index (χ2v) is 8.83. The van der Waals surface area contributed by atoms with E-state index in [2.05, 4.69) is 32.5 Å². The van der Waals surface area contributed by atoms with E-state index in [1.807, 2.05) is 0 Å². The highest BCUT2D eigenvalue weighted by atomic mass is 19.4. The minimum Gasteiger partial charge on any atom is -0.457 e. The average molecular weight is 534 g/mol. The van der Waals surface area contributed by atoms with Crippen LogP contribution in [0.25, 0.3) is 6.08 Å². The van der Waals surface area contributed by atoms with Gasteiger partial charge in [0.25, 0.3) is 0 Å². The zero-order chi connectivity index (χ0) is 27.8. The smallest absolute Gasteiger partial charge is 0.417 e. The van der Waals surface area contributed by atoms with E-state index in [9.17, 15) is 18.0 Å². The molecule has 1 aliphatic rings. The van der Waals surface area contributed by atoms with Crippen LogP contribution in [0, 0.1) is 11.8 Å². The summed E-state index contributed by atoms with van der Waals surface area (Å²) in [5.74, 6) is 6.51. The molecular formula is C29H26F3N5O2. The number of nitrogens with one attached hydrogen (secondary N) is 2. The van der Waals surface area contributed by atoms with Crippen molar-refractivity contribution in [3.63, 3.8) is 0 Å². The van der Waals surface area contributed by atoms with Gasteiger partial charge in [0.1, 0.15) is 23.0 Å². The van der Waals surface area contributed by atoms with Gasteiger partial charge in [0.05, 0.1) is 18.7 Å². The van der Waals surface area contributed by atoms with E-state index in [1.54, 1.807) is 67.7 Å². The molecule has 0 unspecified atom stereocenters. The number of carbonyl (C=O) groups excluding carboxylic acids is 1. The van der Waals surface area contributed by atoms with Crippen molar-refractivity contribution in [2.45, 2.75) is 6.18 Å². The Hall–Kier alpha value is -4.62. The van der Waals surface area contributed by atoms with E-state index in [0.29, 0.717) is 35.8 Å². The monoisotopic (exact) mass is 533 g/mol. The fourth-order valence-corrected chi connectivity index (χ4v) is 3.61. The quantitative estimate of drug-likeness (QED) is 0.337. The van der Waals surface area contributed by atoms with Crippen molar-refractivity contribution in [3.8, 4) is 23.3 Å². The number of anilines is 1. The molecule has 0 radical (unpaired) electrons. The number of pyridine rings is 1. The summed E-state index contributed by atoms with van der Waals surface area (Å²) < 4.78 is 46.7. The highest BCUT2D eigenvalue weighted by molar-refractivity contribution is 6.02. The van der Waals surface area contributed by atoms with Gasteiger partial charge in [0.15, 0.2) is 0 Å². The molecule has 0 saturated heterocycles. The minimum atomic E-state index is -4.62. The van der Waals surface area contributed by atoms with Crippen molar-refractivity contribution in [1.82, 2.24) is 15.2 Å². The first-order valence-corrected chi connectivity index (χ1v) is 12.0. The summed E-state index contributed by atoms with van der Waals surface area (Å²) >= 11 is 0. The highest BCUT2D eigenvalue weighted by Crippen LogP contribution is 2.33. The number of nitrogens with zero attached hydrogens (tertiary/aromatic N) is 3. The molecule has 1 amide bonds. The van der Waals surface area contributed by atoms with Crippen molar-refractivity contribution in [2.75, 3.05) is 39.0 Å². The first kappa shape index (κ1) is 27.4. The lowest BCUT2D eigenvalue weighted by Crippen LogP contribution is -2.20. The topological polar surface area (TPSA) is 78.9 Å². The lowest BCUT2D eigenvalue weighted by Gasteiger charge is -2.12. The molecule has 2 aromatic carbocycles. The zero-order valence-electron chi connectivity index (χ0n) is 21.3. The fourth-order valence-electron chi connectivity index (χ4n) is 3.61. The number of alkyl halides is 3. The summed E-state index contributed by atoms with van der Waals surface area (Å²) in [6, 6.07) is 14.1. The Labute approximate surface area is 224 Å². The molecule has 200 valence electrons. The number of amidine groups is 1. The van der Waals surface area contributed by atoms with Gasteiger partial charge in [-0.1, -0.05) is 24.0 Å². The van der Waals surface area contributed by atoms with Crippen LogP contribution in [0.2, 0.25) is 0 Å². The Bertz CT molecular complexity index is 1470. The van der Waals surface area contributed by atoms with E-state index in [0.717, 1.165) is 18.4 Å². The maximum absolute atomic E-state index is 13.6. The summed E-state index contributed by atoms with van der Waals surface area (Å²) in [4.78, 5) is 22.9. The third-order valence-corrected chi connectivity index (χ3v) is 5.38. The molecule has 1 aromatic heterocycles. The maximum Gasteiger partial charge on any atom is 0.417 e. The summed E-state index contributed by atoms with van der Waals surface area (Å²) in [6.07, 6.45) is -0.196. The molecular weight excluding hydrogens is 507 g/mol. The van der Waals surface area contributed by atoms with Gasteiger partial charge >= 0.3 is 6.18 Å². The largest absolute Gasteiger partial charge is 0.457 e. The van der Waals surface area contributed by atoms with Gasteiger partial charge < -0.3 is 15.4 Å². The summed E-state index contributed by atoms with van der Waals surface area (Å²) in [6.45, 7) is 1.79. The van der Waals surface area contributed by atoms with Gasteiger partial charge in [0, 0.05) is 36.1 Å². The normalized spacial score (nSPS) is 13.0. The molecule has 0 bridgehead atoms.